The predicted molar refractivity (Wildman–Crippen MR) is 96.3 cm³/mol. The number of alkyl halides is 3. The Morgan fingerprint density at radius 1 is 1.08 bits per heavy atom. The van der Waals surface area contributed by atoms with Gasteiger partial charge in [-0.25, -0.2) is 0 Å². The number of fused-ring (bicyclic) bond motifs is 1. The van der Waals surface area contributed by atoms with Crippen molar-refractivity contribution in [2.45, 2.75) is 10.5 Å². The van der Waals surface area contributed by atoms with Gasteiger partial charge in [0.2, 0.25) is 11.0 Å². The van der Waals surface area contributed by atoms with E-state index in [-0.39, 0.29) is 5.16 Å². The van der Waals surface area contributed by atoms with E-state index in [9.17, 15) is 8.78 Å². The van der Waals surface area contributed by atoms with E-state index in [2.05, 4.69) is 15.3 Å². The number of halogens is 3. The number of thiophene rings is 1. The van der Waals surface area contributed by atoms with Gasteiger partial charge in [0, 0.05) is 15.3 Å². The Kier molecular flexibility index (Phi) is 4.18. The molecule has 126 valence electrons. The van der Waals surface area contributed by atoms with Crippen molar-refractivity contribution in [2.75, 3.05) is 0 Å². The van der Waals surface area contributed by atoms with Crippen LogP contribution in [-0.4, -0.2) is 20.6 Å². The van der Waals surface area contributed by atoms with Crippen molar-refractivity contribution in [3.8, 4) is 0 Å². The molecule has 3 heterocycles. The molecule has 0 saturated carbocycles. The topological polar surface area (TPSA) is 43.1 Å². The number of thioether (sulfide) groups is 1. The molecule has 0 aliphatic carbocycles. The molecule has 0 spiro atoms. The molecule has 0 fully saturated rings. The fourth-order valence-corrected chi connectivity index (χ4v) is 4.07. The van der Waals surface area contributed by atoms with Crippen LogP contribution < -0.4 is 0 Å². The predicted octanol–water partition coefficient (Wildman–Crippen LogP) is 5.03. The minimum atomic E-state index is -3.65. The molecule has 2 aromatic heterocycles. The molecule has 1 aromatic carbocycles. The molecule has 0 atom stereocenters. The molecule has 0 N–H and O–H groups in total. The molecule has 4 rings (SSSR count). The number of nitrogens with zero attached hydrogens (tertiary/aromatic N) is 4. The van der Waals surface area contributed by atoms with E-state index in [1.54, 1.807) is 11.3 Å². The van der Waals surface area contributed by atoms with Crippen LogP contribution in [0.3, 0.4) is 0 Å². The molecule has 0 radical (unpaired) electrons. The highest BCUT2D eigenvalue weighted by atomic mass is 35.5. The van der Waals surface area contributed by atoms with Crippen LogP contribution in [0, 0.1) is 0 Å². The zero-order valence-corrected chi connectivity index (χ0v) is 14.8. The van der Waals surface area contributed by atoms with Gasteiger partial charge in [-0.2, -0.15) is 18.6 Å². The molecule has 0 unspecified atom stereocenters. The Hall–Kier alpha value is -2.03. The summed E-state index contributed by atoms with van der Waals surface area (Å²) >= 11 is 7.94. The summed E-state index contributed by atoms with van der Waals surface area (Å²) in [6, 6.07) is 13.3. The molecular formula is C16H9ClF2N4S2. The van der Waals surface area contributed by atoms with Gasteiger partial charge in [0.05, 0.1) is 0 Å². The summed E-state index contributed by atoms with van der Waals surface area (Å²) < 4.78 is 28.1. The molecule has 3 aromatic rings. The third-order valence-electron chi connectivity index (χ3n) is 3.36. The van der Waals surface area contributed by atoms with E-state index < -0.39 is 11.2 Å². The van der Waals surface area contributed by atoms with Crippen molar-refractivity contribution >= 4 is 46.5 Å². The zero-order chi connectivity index (χ0) is 17.4. The maximum atomic E-state index is 13.6. The average Bonchev–Trinajstić information content (AvgIpc) is 3.23. The number of hydrogen-bond donors (Lipinski definition) is 0. The maximum absolute atomic E-state index is 13.6. The van der Waals surface area contributed by atoms with E-state index in [1.165, 1.54) is 11.8 Å². The highest BCUT2D eigenvalue weighted by Gasteiger charge is 2.38. The van der Waals surface area contributed by atoms with Gasteiger partial charge in [0.25, 0.3) is 0 Å². The third-order valence-corrected chi connectivity index (χ3v) is 5.32. The molecule has 4 nitrogen and oxygen atoms in total. The Labute approximate surface area is 154 Å². The van der Waals surface area contributed by atoms with Gasteiger partial charge in [0.15, 0.2) is 0 Å². The fourth-order valence-electron chi connectivity index (χ4n) is 2.29. The number of allylic oxidation sites excluding steroid dienone is 1. The van der Waals surface area contributed by atoms with Crippen molar-refractivity contribution in [1.82, 2.24) is 14.9 Å². The van der Waals surface area contributed by atoms with Gasteiger partial charge in [-0.15, -0.1) is 21.5 Å². The molecular weight excluding hydrogens is 386 g/mol. The third kappa shape index (κ3) is 3.24. The number of hydrogen-bond acceptors (Lipinski definition) is 5. The molecule has 25 heavy (non-hydrogen) atoms. The minimum absolute atomic E-state index is 0.248. The highest BCUT2D eigenvalue weighted by Crippen LogP contribution is 2.39. The van der Waals surface area contributed by atoms with Crippen LogP contribution in [0.15, 0.2) is 63.0 Å². The molecule has 1 aliphatic rings. The minimum Gasteiger partial charge on any atom is -0.183 e. The first kappa shape index (κ1) is 16.4. The number of benzene rings is 1. The lowest BCUT2D eigenvalue weighted by Crippen LogP contribution is -2.17. The van der Waals surface area contributed by atoms with Gasteiger partial charge in [-0.05, 0) is 40.9 Å². The van der Waals surface area contributed by atoms with E-state index in [1.807, 2.05) is 53.9 Å². The SMILES string of the molecule is FC(F)(Cl)c1nnc2n1N=C(c1ccccc1)/C(=C/c1cccs1)S2. The average molecular weight is 395 g/mol. The van der Waals surface area contributed by atoms with E-state index in [0.29, 0.717) is 5.71 Å². The lowest BCUT2D eigenvalue weighted by Gasteiger charge is -2.17. The fraction of sp³-hybridized carbons (Fsp3) is 0.0625. The Balaban J connectivity index is 1.89. The quantitative estimate of drug-likeness (QED) is 0.585. The van der Waals surface area contributed by atoms with Crippen LogP contribution in [0.4, 0.5) is 8.78 Å². The number of rotatable bonds is 3. The summed E-state index contributed by atoms with van der Waals surface area (Å²) in [5.74, 6) is -0.694. The van der Waals surface area contributed by atoms with Crippen LogP contribution in [0.2, 0.25) is 0 Å². The standard InChI is InChI=1S/C16H9ClF2N4S2/c17-16(18,19)14-20-21-15-23(14)22-13(10-5-2-1-3-6-10)12(25-15)9-11-7-4-8-24-11/h1-9H/b12-9-. The van der Waals surface area contributed by atoms with Crippen LogP contribution in [-0.2, 0) is 5.38 Å². The van der Waals surface area contributed by atoms with Crippen molar-refractivity contribution in [3.05, 3.63) is 69.0 Å². The van der Waals surface area contributed by atoms with Crippen molar-refractivity contribution in [3.63, 3.8) is 0 Å². The second-order valence-electron chi connectivity index (χ2n) is 5.06. The monoisotopic (exact) mass is 394 g/mol. The number of aromatic nitrogens is 3. The normalized spacial score (nSPS) is 16.0. The lowest BCUT2D eigenvalue weighted by atomic mass is 10.1. The zero-order valence-electron chi connectivity index (χ0n) is 12.4. The van der Waals surface area contributed by atoms with Crippen LogP contribution in [0.5, 0.6) is 0 Å². The largest absolute Gasteiger partial charge is 0.383 e. The van der Waals surface area contributed by atoms with Crippen molar-refractivity contribution in [2.24, 2.45) is 5.10 Å². The van der Waals surface area contributed by atoms with E-state index >= 15 is 0 Å². The summed E-state index contributed by atoms with van der Waals surface area (Å²) in [4.78, 5) is 1.83. The van der Waals surface area contributed by atoms with E-state index in [4.69, 9.17) is 11.6 Å². The van der Waals surface area contributed by atoms with Gasteiger partial charge in [-0.1, -0.05) is 36.4 Å². The van der Waals surface area contributed by atoms with Crippen molar-refractivity contribution in [1.29, 1.82) is 0 Å². The Morgan fingerprint density at radius 3 is 2.56 bits per heavy atom. The Morgan fingerprint density at radius 2 is 1.88 bits per heavy atom. The first-order chi connectivity index (χ1) is 12.0. The first-order valence-corrected chi connectivity index (χ1v) is 9.20. The van der Waals surface area contributed by atoms with Crippen LogP contribution in [0.1, 0.15) is 16.3 Å². The summed E-state index contributed by atoms with van der Waals surface area (Å²) in [7, 11) is 0. The van der Waals surface area contributed by atoms with Gasteiger partial charge in [0.1, 0.15) is 5.71 Å². The maximum Gasteiger partial charge on any atom is 0.383 e. The molecule has 0 bridgehead atoms. The lowest BCUT2D eigenvalue weighted by molar-refractivity contribution is 0.0799. The van der Waals surface area contributed by atoms with Crippen molar-refractivity contribution < 1.29 is 8.78 Å². The van der Waals surface area contributed by atoms with Gasteiger partial charge in [-0.3, -0.25) is 0 Å². The summed E-state index contributed by atoms with van der Waals surface area (Å²) in [6.45, 7) is 0. The second-order valence-corrected chi connectivity index (χ2v) is 7.52. The highest BCUT2D eigenvalue weighted by molar-refractivity contribution is 8.04. The van der Waals surface area contributed by atoms with Gasteiger partial charge < -0.3 is 0 Å². The first-order valence-electron chi connectivity index (χ1n) is 7.13. The summed E-state index contributed by atoms with van der Waals surface area (Å²) in [5, 5.41) is 10.2. The van der Waals surface area contributed by atoms with Crippen LogP contribution >= 0.6 is 34.7 Å². The summed E-state index contributed by atoms with van der Waals surface area (Å²) in [6.07, 6.45) is 1.96. The Bertz CT molecular complexity index is 960. The molecule has 1 aliphatic heterocycles. The van der Waals surface area contributed by atoms with E-state index in [0.717, 1.165) is 20.0 Å². The molecule has 0 saturated heterocycles. The van der Waals surface area contributed by atoms with Crippen LogP contribution in [0.25, 0.3) is 6.08 Å². The summed E-state index contributed by atoms with van der Waals surface area (Å²) in [5.41, 5.74) is 1.37. The molecule has 0 amide bonds. The smallest absolute Gasteiger partial charge is 0.183 e. The second kappa shape index (κ2) is 6.36. The van der Waals surface area contributed by atoms with Gasteiger partial charge >= 0.3 is 5.38 Å². The molecule has 9 heteroatoms.